The quantitative estimate of drug-likeness (QED) is 0.675. The molecule has 0 saturated heterocycles. The van der Waals surface area contributed by atoms with Crippen LogP contribution in [0.2, 0.25) is 0 Å². The average Bonchev–Trinajstić information content (AvgIpc) is 2.72. The predicted octanol–water partition coefficient (Wildman–Crippen LogP) is 3.40. The van der Waals surface area contributed by atoms with Crippen LogP contribution in [0.25, 0.3) is 0 Å². The van der Waals surface area contributed by atoms with Crippen molar-refractivity contribution in [3.63, 3.8) is 0 Å². The molecule has 0 aliphatic heterocycles. The first kappa shape index (κ1) is 14.5. The lowest BCUT2D eigenvalue weighted by Gasteiger charge is -2.20. The molecule has 0 amide bonds. The number of hydrogen-bond donors (Lipinski definition) is 0. The summed E-state index contributed by atoms with van der Waals surface area (Å²) in [6.45, 7) is 1.93. The summed E-state index contributed by atoms with van der Waals surface area (Å²) < 4.78 is 23.3. The fraction of sp³-hybridized carbons (Fsp3) is 1.00. The van der Waals surface area contributed by atoms with Gasteiger partial charge in [-0.1, -0.05) is 48.5 Å². The molecule has 0 bridgehead atoms. The molecule has 1 atom stereocenters. The van der Waals surface area contributed by atoms with Crippen LogP contribution in [0.1, 0.15) is 45.4 Å². The van der Waals surface area contributed by atoms with E-state index in [0.717, 1.165) is 24.1 Å². The van der Waals surface area contributed by atoms with Crippen molar-refractivity contribution >= 4 is 25.8 Å². The number of alkyl halides is 1. The zero-order valence-electron chi connectivity index (χ0n) is 10.1. The summed E-state index contributed by atoms with van der Waals surface area (Å²) in [4.78, 5) is 0. The summed E-state index contributed by atoms with van der Waals surface area (Å²) in [5.74, 6) is 2.06. The first-order chi connectivity index (χ1) is 7.59. The first-order valence-corrected chi connectivity index (χ1v) is 9.29. The van der Waals surface area contributed by atoms with Gasteiger partial charge in [-0.05, 0) is 24.7 Å². The zero-order chi connectivity index (χ0) is 12.0. The van der Waals surface area contributed by atoms with Gasteiger partial charge in [0.25, 0.3) is 0 Å². The molecule has 0 aromatic carbocycles. The lowest BCUT2D eigenvalue weighted by molar-refractivity contribution is 0.365. The first-order valence-electron chi connectivity index (χ1n) is 6.35. The highest BCUT2D eigenvalue weighted by atomic mass is 79.9. The Kier molecular flexibility index (Phi) is 6.34. The van der Waals surface area contributed by atoms with Crippen LogP contribution in [0.4, 0.5) is 0 Å². The van der Waals surface area contributed by atoms with E-state index in [9.17, 15) is 8.42 Å². The van der Waals surface area contributed by atoms with Gasteiger partial charge in [0.15, 0.2) is 0 Å². The molecular formula is C12H23BrO2S. The third-order valence-electron chi connectivity index (χ3n) is 3.58. The van der Waals surface area contributed by atoms with Crippen LogP contribution in [0, 0.1) is 11.8 Å². The third-order valence-corrected chi connectivity index (χ3v) is 6.30. The van der Waals surface area contributed by atoms with Crippen LogP contribution in [0.5, 0.6) is 0 Å². The summed E-state index contributed by atoms with van der Waals surface area (Å²) in [7, 11) is -2.79. The SMILES string of the molecule is CCCS(=O)(=O)CCC(CBr)C1CCCC1. The van der Waals surface area contributed by atoms with Gasteiger partial charge in [0.2, 0.25) is 0 Å². The molecule has 2 nitrogen and oxygen atoms in total. The standard InChI is InChI=1S/C12H23BrO2S/c1-2-8-16(14,15)9-7-12(10-13)11-5-3-4-6-11/h11-12H,2-10H2,1H3. The van der Waals surface area contributed by atoms with E-state index in [1.165, 1.54) is 25.7 Å². The average molecular weight is 311 g/mol. The molecule has 0 aromatic rings. The highest BCUT2D eigenvalue weighted by Gasteiger charge is 2.25. The van der Waals surface area contributed by atoms with Gasteiger partial charge >= 0.3 is 0 Å². The molecule has 0 N–H and O–H groups in total. The van der Waals surface area contributed by atoms with Gasteiger partial charge in [0.1, 0.15) is 9.84 Å². The molecule has 0 aromatic heterocycles. The van der Waals surface area contributed by atoms with Crippen molar-refractivity contribution in [1.29, 1.82) is 0 Å². The molecule has 1 rings (SSSR count). The zero-order valence-corrected chi connectivity index (χ0v) is 12.5. The van der Waals surface area contributed by atoms with Crippen molar-refractivity contribution in [2.75, 3.05) is 16.8 Å². The Bertz CT molecular complexity index is 281. The molecule has 1 aliphatic rings. The summed E-state index contributed by atoms with van der Waals surface area (Å²) >= 11 is 3.54. The Hall–Kier alpha value is 0.430. The van der Waals surface area contributed by atoms with Gasteiger partial charge in [0.05, 0.1) is 5.75 Å². The summed E-state index contributed by atoms with van der Waals surface area (Å²) in [6, 6.07) is 0. The predicted molar refractivity (Wildman–Crippen MR) is 72.8 cm³/mol. The molecule has 1 unspecified atom stereocenters. The van der Waals surface area contributed by atoms with E-state index >= 15 is 0 Å². The Labute approximate surface area is 108 Å². The van der Waals surface area contributed by atoms with Gasteiger partial charge in [-0.3, -0.25) is 0 Å². The van der Waals surface area contributed by atoms with E-state index in [1.807, 2.05) is 6.92 Å². The Morgan fingerprint density at radius 2 is 1.88 bits per heavy atom. The van der Waals surface area contributed by atoms with E-state index in [0.29, 0.717) is 17.4 Å². The smallest absolute Gasteiger partial charge is 0.150 e. The molecule has 16 heavy (non-hydrogen) atoms. The van der Waals surface area contributed by atoms with Crippen LogP contribution in [0.3, 0.4) is 0 Å². The Morgan fingerprint density at radius 3 is 2.38 bits per heavy atom. The Balaban J connectivity index is 2.39. The number of rotatable bonds is 7. The van der Waals surface area contributed by atoms with Crippen LogP contribution in [-0.2, 0) is 9.84 Å². The highest BCUT2D eigenvalue weighted by Crippen LogP contribution is 2.34. The van der Waals surface area contributed by atoms with E-state index in [1.54, 1.807) is 0 Å². The maximum absolute atomic E-state index is 11.7. The summed E-state index contributed by atoms with van der Waals surface area (Å²) in [6.07, 6.45) is 6.84. The molecule has 0 spiro atoms. The minimum absolute atomic E-state index is 0.354. The molecule has 0 heterocycles. The second-order valence-corrected chi connectivity index (χ2v) is 7.85. The van der Waals surface area contributed by atoms with Crippen molar-refractivity contribution in [2.24, 2.45) is 11.8 Å². The minimum Gasteiger partial charge on any atom is -0.229 e. The second kappa shape index (κ2) is 7.00. The second-order valence-electron chi connectivity index (χ2n) is 4.90. The van der Waals surface area contributed by atoms with Crippen molar-refractivity contribution < 1.29 is 8.42 Å². The van der Waals surface area contributed by atoms with Crippen molar-refractivity contribution in [2.45, 2.75) is 45.4 Å². The molecule has 0 radical (unpaired) electrons. The normalized spacial score (nSPS) is 20.1. The van der Waals surface area contributed by atoms with E-state index in [2.05, 4.69) is 15.9 Å². The monoisotopic (exact) mass is 310 g/mol. The third kappa shape index (κ3) is 4.74. The fourth-order valence-electron chi connectivity index (χ4n) is 2.61. The lowest BCUT2D eigenvalue weighted by Crippen LogP contribution is -2.19. The van der Waals surface area contributed by atoms with Gasteiger partial charge in [-0.15, -0.1) is 0 Å². The van der Waals surface area contributed by atoms with E-state index in [4.69, 9.17) is 0 Å². The van der Waals surface area contributed by atoms with E-state index < -0.39 is 9.84 Å². The maximum Gasteiger partial charge on any atom is 0.150 e. The summed E-state index contributed by atoms with van der Waals surface area (Å²) in [5.41, 5.74) is 0. The number of sulfone groups is 1. The molecule has 1 saturated carbocycles. The Morgan fingerprint density at radius 1 is 1.25 bits per heavy atom. The minimum atomic E-state index is -2.79. The van der Waals surface area contributed by atoms with Crippen molar-refractivity contribution in [1.82, 2.24) is 0 Å². The largest absolute Gasteiger partial charge is 0.229 e. The van der Waals surface area contributed by atoms with Crippen molar-refractivity contribution in [3.8, 4) is 0 Å². The molecule has 96 valence electrons. The molecule has 4 heteroatoms. The number of hydrogen-bond acceptors (Lipinski definition) is 2. The highest BCUT2D eigenvalue weighted by molar-refractivity contribution is 9.09. The van der Waals surface area contributed by atoms with Gasteiger partial charge in [-0.2, -0.15) is 0 Å². The fourth-order valence-corrected chi connectivity index (χ4v) is 4.95. The van der Waals surface area contributed by atoms with Gasteiger partial charge in [0, 0.05) is 11.1 Å². The van der Waals surface area contributed by atoms with Gasteiger partial charge in [-0.25, -0.2) is 8.42 Å². The van der Waals surface area contributed by atoms with Crippen LogP contribution >= 0.6 is 15.9 Å². The van der Waals surface area contributed by atoms with Crippen LogP contribution < -0.4 is 0 Å². The molecule has 1 aliphatic carbocycles. The van der Waals surface area contributed by atoms with Crippen LogP contribution in [0.15, 0.2) is 0 Å². The molecular weight excluding hydrogens is 288 g/mol. The lowest BCUT2D eigenvalue weighted by atomic mass is 9.90. The number of halogens is 1. The molecule has 1 fully saturated rings. The summed E-state index contributed by atoms with van der Waals surface area (Å²) in [5, 5.41) is 0.958. The van der Waals surface area contributed by atoms with Crippen LogP contribution in [-0.4, -0.2) is 25.3 Å². The van der Waals surface area contributed by atoms with Crippen molar-refractivity contribution in [3.05, 3.63) is 0 Å². The topological polar surface area (TPSA) is 34.1 Å². The van der Waals surface area contributed by atoms with Gasteiger partial charge < -0.3 is 0 Å². The maximum atomic E-state index is 11.7. The van der Waals surface area contributed by atoms with E-state index in [-0.39, 0.29) is 0 Å².